The van der Waals surface area contributed by atoms with E-state index in [1.54, 1.807) is 31.2 Å². The lowest BCUT2D eigenvalue weighted by Crippen LogP contribution is -2.23. The summed E-state index contributed by atoms with van der Waals surface area (Å²) >= 11 is 0. The van der Waals surface area contributed by atoms with E-state index in [0.29, 0.717) is 17.8 Å². The second-order valence-electron chi connectivity index (χ2n) is 4.90. The Hall–Kier alpha value is -2.37. The molecule has 3 N–H and O–H groups in total. The van der Waals surface area contributed by atoms with Gasteiger partial charge in [0.15, 0.2) is 0 Å². The Kier molecular flexibility index (Phi) is 6.39. The molecule has 0 spiro atoms. The maximum atomic E-state index is 11.8. The highest BCUT2D eigenvalue weighted by molar-refractivity contribution is 5.97. The van der Waals surface area contributed by atoms with Gasteiger partial charge in [-0.1, -0.05) is 13.0 Å². The van der Waals surface area contributed by atoms with Gasteiger partial charge >= 0.3 is 5.97 Å². The van der Waals surface area contributed by atoms with Crippen LogP contribution in [0.3, 0.4) is 0 Å². The van der Waals surface area contributed by atoms with Crippen LogP contribution < -0.4 is 10.6 Å². The summed E-state index contributed by atoms with van der Waals surface area (Å²) in [6.07, 6.45) is 0.0735. The Morgan fingerprint density at radius 3 is 2.57 bits per heavy atom. The third-order valence-corrected chi connectivity index (χ3v) is 2.80. The van der Waals surface area contributed by atoms with Crippen LogP contribution in [0.4, 0.5) is 5.69 Å². The molecule has 0 aliphatic heterocycles. The molecular formula is C15H20N2O4. The molecule has 2 amide bonds. The molecule has 0 heterocycles. The van der Waals surface area contributed by atoms with E-state index < -0.39 is 5.97 Å². The number of carboxylic acids is 1. The van der Waals surface area contributed by atoms with Gasteiger partial charge in [-0.2, -0.15) is 0 Å². The van der Waals surface area contributed by atoms with Gasteiger partial charge in [-0.25, -0.2) is 0 Å². The molecular weight excluding hydrogens is 272 g/mol. The summed E-state index contributed by atoms with van der Waals surface area (Å²) in [5, 5.41) is 14.0. The molecule has 1 rings (SSSR count). The molecule has 0 saturated heterocycles. The van der Waals surface area contributed by atoms with Gasteiger partial charge in [0, 0.05) is 30.6 Å². The second-order valence-corrected chi connectivity index (χ2v) is 4.90. The zero-order valence-corrected chi connectivity index (χ0v) is 12.2. The number of rotatable bonds is 7. The maximum absolute atomic E-state index is 11.8. The molecule has 0 saturated carbocycles. The molecule has 6 nitrogen and oxygen atoms in total. The monoisotopic (exact) mass is 292 g/mol. The van der Waals surface area contributed by atoms with Crippen molar-refractivity contribution in [3.8, 4) is 0 Å². The molecule has 0 aliphatic carbocycles. The van der Waals surface area contributed by atoms with Crippen molar-refractivity contribution in [3.05, 3.63) is 29.8 Å². The SMILES string of the molecule is CCNC(=O)c1cccc(NC(=O)CC(C)CC(=O)O)c1. The lowest BCUT2D eigenvalue weighted by atomic mass is 10.0. The van der Waals surface area contributed by atoms with Crippen LogP contribution >= 0.6 is 0 Å². The fourth-order valence-corrected chi connectivity index (χ4v) is 1.90. The number of nitrogens with one attached hydrogen (secondary N) is 2. The molecule has 1 aromatic rings. The Morgan fingerprint density at radius 2 is 1.95 bits per heavy atom. The van der Waals surface area contributed by atoms with Gasteiger partial charge < -0.3 is 15.7 Å². The van der Waals surface area contributed by atoms with Gasteiger partial charge in [-0.05, 0) is 31.0 Å². The summed E-state index contributed by atoms with van der Waals surface area (Å²) in [6, 6.07) is 6.61. The van der Waals surface area contributed by atoms with E-state index in [1.165, 1.54) is 0 Å². The largest absolute Gasteiger partial charge is 0.481 e. The minimum atomic E-state index is -0.923. The predicted octanol–water partition coefficient (Wildman–Crippen LogP) is 1.88. The molecule has 21 heavy (non-hydrogen) atoms. The van der Waals surface area contributed by atoms with Crippen LogP contribution in [0, 0.1) is 5.92 Å². The number of carbonyl (C=O) groups excluding carboxylic acids is 2. The summed E-state index contributed by atoms with van der Waals surface area (Å²) in [5.41, 5.74) is 0.986. The summed E-state index contributed by atoms with van der Waals surface area (Å²) in [4.78, 5) is 34.1. The van der Waals surface area contributed by atoms with Gasteiger partial charge in [-0.15, -0.1) is 0 Å². The Balaban J connectivity index is 2.62. The van der Waals surface area contributed by atoms with E-state index in [4.69, 9.17) is 5.11 Å². The highest BCUT2D eigenvalue weighted by Crippen LogP contribution is 2.13. The minimum Gasteiger partial charge on any atom is -0.481 e. The molecule has 1 unspecified atom stereocenters. The number of aliphatic carboxylic acids is 1. The number of hydrogen-bond acceptors (Lipinski definition) is 3. The van der Waals surface area contributed by atoms with Crippen LogP contribution in [0.5, 0.6) is 0 Å². The quantitative estimate of drug-likeness (QED) is 0.715. The minimum absolute atomic E-state index is 0.0492. The van der Waals surface area contributed by atoms with Crippen molar-refractivity contribution < 1.29 is 19.5 Å². The van der Waals surface area contributed by atoms with Gasteiger partial charge in [0.05, 0.1) is 0 Å². The van der Waals surface area contributed by atoms with Crippen molar-refractivity contribution in [3.63, 3.8) is 0 Å². The summed E-state index contributed by atoms with van der Waals surface area (Å²) in [7, 11) is 0. The van der Waals surface area contributed by atoms with E-state index in [9.17, 15) is 14.4 Å². The molecule has 0 radical (unpaired) electrons. The summed E-state index contributed by atoms with van der Waals surface area (Å²) < 4.78 is 0. The zero-order valence-electron chi connectivity index (χ0n) is 12.2. The van der Waals surface area contributed by atoms with Gasteiger partial charge in [0.2, 0.25) is 5.91 Å². The molecule has 6 heteroatoms. The van der Waals surface area contributed by atoms with E-state index in [2.05, 4.69) is 10.6 Å². The predicted molar refractivity (Wildman–Crippen MR) is 79.1 cm³/mol. The molecule has 1 atom stereocenters. The number of carbonyl (C=O) groups is 3. The third-order valence-electron chi connectivity index (χ3n) is 2.80. The van der Waals surface area contributed by atoms with Gasteiger partial charge in [-0.3, -0.25) is 14.4 Å². The standard InChI is InChI=1S/C15H20N2O4/c1-3-16-15(21)11-5-4-6-12(9-11)17-13(18)7-10(2)8-14(19)20/h4-6,9-10H,3,7-8H2,1-2H3,(H,16,21)(H,17,18)(H,19,20). The first kappa shape index (κ1) is 16.7. The molecule has 1 aromatic carbocycles. The maximum Gasteiger partial charge on any atom is 0.303 e. The third kappa shape index (κ3) is 6.07. The van der Waals surface area contributed by atoms with Crippen molar-refractivity contribution in [1.29, 1.82) is 0 Å². The average Bonchev–Trinajstić information content (AvgIpc) is 2.37. The lowest BCUT2D eigenvalue weighted by Gasteiger charge is -2.10. The van der Waals surface area contributed by atoms with Crippen molar-refractivity contribution >= 4 is 23.5 Å². The molecule has 0 aliphatic rings. The average molecular weight is 292 g/mol. The number of benzene rings is 1. The van der Waals surface area contributed by atoms with Crippen LogP contribution in [0.2, 0.25) is 0 Å². The fourth-order valence-electron chi connectivity index (χ4n) is 1.90. The van der Waals surface area contributed by atoms with Crippen LogP contribution in [0.15, 0.2) is 24.3 Å². The Morgan fingerprint density at radius 1 is 1.24 bits per heavy atom. The van der Waals surface area contributed by atoms with Gasteiger partial charge in [0.25, 0.3) is 5.91 Å². The normalized spacial score (nSPS) is 11.5. The van der Waals surface area contributed by atoms with Crippen LogP contribution in [-0.4, -0.2) is 29.4 Å². The molecule has 0 fully saturated rings. The van der Waals surface area contributed by atoms with Crippen LogP contribution in [0.25, 0.3) is 0 Å². The Bertz CT molecular complexity index is 528. The number of hydrogen-bond donors (Lipinski definition) is 3. The molecule has 0 bridgehead atoms. The van der Waals surface area contributed by atoms with Crippen molar-refractivity contribution in [1.82, 2.24) is 5.32 Å². The van der Waals surface area contributed by atoms with Crippen LogP contribution in [-0.2, 0) is 9.59 Å². The summed E-state index contributed by atoms with van der Waals surface area (Å²) in [5.74, 6) is -1.63. The highest BCUT2D eigenvalue weighted by Gasteiger charge is 2.13. The lowest BCUT2D eigenvalue weighted by molar-refractivity contribution is -0.138. The van der Waals surface area contributed by atoms with E-state index >= 15 is 0 Å². The number of anilines is 1. The molecule has 114 valence electrons. The van der Waals surface area contributed by atoms with Crippen molar-refractivity contribution in [2.24, 2.45) is 5.92 Å². The van der Waals surface area contributed by atoms with E-state index in [-0.39, 0.29) is 30.6 Å². The van der Waals surface area contributed by atoms with Gasteiger partial charge in [0.1, 0.15) is 0 Å². The first-order valence-corrected chi connectivity index (χ1v) is 6.82. The van der Waals surface area contributed by atoms with E-state index in [0.717, 1.165) is 0 Å². The number of amides is 2. The van der Waals surface area contributed by atoms with Crippen LogP contribution in [0.1, 0.15) is 37.0 Å². The zero-order chi connectivity index (χ0) is 15.8. The number of carboxylic acid groups (broad SMARTS) is 1. The second kappa shape index (κ2) is 8.04. The topological polar surface area (TPSA) is 95.5 Å². The highest BCUT2D eigenvalue weighted by atomic mass is 16.4. The smallest absolute Gasteiger partial charge is 0.303 e. The fraction of sp³-hybridized carbons (Fsp3) is 0.400. The van der Waals surface area contributed by atoms with E-state index in [1.807, 2.05) is 6.92 Å². The summed E-state index contributed by atoms with van der Waals surface area (Å²) in [6.45, 7) is 4.06. The molecule has 0 aromatic heterocycles. The van der Waals surface area contributed by atoms with Crippen molar-refractivity contribution in [2.75, 3.05) is 11.9 Å². The first-order chi connectivity index (χ1) is 9.92. The Labute approximate surface area is 123 Å². The van der Waals surface area contributed by atoms with Crippen molar-refractivity contribution in [2.45, 2.75) is 26.7 Å². The first-order valence-electron chi connectivity index (χ1n) is 6.82.